The Morgan fingerprint density at radius 1 is 1.43 bits per heavy atom. The number of nitrogen functional groups attached to an aromatic ring is 1. The molecule has 1 aromatic rings. The second-order valence-electron chi connectivity index (χ2n) is 3.79. The highest BCUT2D eigenvalue weighted by Crippen LogP contribution is 2.33. The van der Waals surface area contributed by atoms with Gasteiger partial charge in [-0.05, 0) is 43.0 Å². The van der Waals surface area contributed by atoms with E-state index in [9.17, 15) is 0 Å². The summed E-state index contributed by atoms with van der Waals surface area (Å²) in [5.41, 5.74) is 7.89. The Labute approximate surface area is 89.4 Å². The number of benzene rings is 1. The molecule has 2 nitrogen and oxygen atoms in total. The third-order valence-corrected chi connectivity index (χ3v) is 3.12. The van der Waals surface area contributed by atoms with Crippen LogP contribution in [-0.4, -0.2) is 13.1 Å². The Bertz CT molecular complexity index is 299. The Morgan fingerprint density at radius 2 is 2.29 bits per heavy atom. The van der Waals surface area contributed by atoms with Gasteiger partial charge in [-0.15, -0.1) is 0 Å². The van der Waals surface area contributed by atoms with E-state index in [1.54, 1.807) is 0 Å². The lowest BCUT2D eigenvalue weighted by Crippen LogP contribution is -2.28. The smallest absolute Gasteiger partial charge is 0.0461 e. The number of nitrogens with one attached hydrogen (secondary N) is 1. The number of nitrogens with two attached hydrogens (primary N) is 1. The molecule has 14 heavy (non-hydrogen) atoms. The van der Waals surface area contributed by atoms with Gasteiger partial charge in [-0.2, -0.15) is 0 Å². The third-order valence-electron chi connectivity index (χ3n) is 2.79. The first-order chi connectivity index (χ1) is 6.79. The molecular formula is C11H15ClN2. The summed E-state index contributed by atoms with van der Waals surface area (Å²) < 4.78 is 0. The second kappa shape index (κ2) is 4.20. The quantitative estimate of drug-likeness (QED) is 0.699. The Hall–Kier alpha value is -0.730. The van der Waals surface area contributed by atoms with Crippen LogP contribution in [0.2, 0.25) is 5.02 Å². The first-order valence-corrected chi connectivity index (χ1v) is 5.41. The summed E-state index contributed by atoms with van der Waals surface area (Å²) in [6, 6.07) is 5.75. The molecule has 0 bridgehead atoms. The molecule has 1 unspecified atom stereocenters. The molecule has 1 fully saturated rings. The van der Waals surface area contributed by atoms with Gasteiger partial charge in [0.2, 0.25) is 0 Å². The molecule has 1 atom stereocenters. The van der Waals surface area contributed by atoms with Crippen molar-refractivity contribution < 1.29 is 0 Å². The minimum absolute atomic E-state index is 0.484. The molecule has 0 spiro atoms. The van der Waals surface area contributed by atoms with E-state index in [-0.39, 0.29) is 0 Å². The predicted molar refractivity (Wildman–Crippen MR) is 60.7 cm³/mol. The van der Waals surface area contributed by atoms with Gasteiger partial charge in [0.15, 0.2) is 0 Å². The van der Waals surface area contributed by atoms with Crippen molar-refractivity contribution in [3.8, 4) is 0 Å². The number of hydrogen-bond acceptors (Lipinski definition) is 2. The number of halogens is 1. The molecule has 0 aromatic heterocycles. The van der Waals surface area contributed by atoms with Crippen molar-refractivity contribution in [3.05, 3.63) is 28.8 Å². The first kappa shape index (κ1) is 9.81. The van der Waals surface area contributed by atoms with E-state index in [4.69, 9.17) is 17.3 Å². The Morgan fingerprint density at radius 3 is 2.93 bits per heavy atom. The number of rotatable bonds is 1. The highest BCUT2D eigenvalue weighted by Gasteiger charge is 2.19. The van der Waals surface area contributed by atoms with Crippen molar-refractivity contribution in [1.82, 2.24) is 5.32 Å². The van der Waals surface area contributed by atoms with Crippen molar-refractivity contribution >= 4 is 17.3 Å². The largest absolute Gasteiger partial charge is 0.398 e. The lowest BCUT2D eigenvalue weighted by Gasteiger charge is -2.25. The number of hydrogen-bond donors (Lipinski definition) is 2. The van der Waals surface area contributed by atoms with Gasteiger partial charge in [0, 0.05) is 17.3 Å². The first-order valence-electron chi connectivity index (χ1n) is 5.03. The normalized spacial score (nSPS) is 22.2. The van der Waals surface area contributed by atoms with Gasteiger partial charge >= 0.3 is 0 Å². The summed E-state index contributed by atoms with van der Waals surface area (Å²) in [5.74, 6) is 0.484. The van der Waals surface area contributed by atoms with Gasteiger partial charge in [0.05, 0.1) is 0 Å². The second-order valence-corrected chi connectivity index (χ2v) is 4.19. The molecule has 1 saturated heterocycles. The van der Waals surface area contributed by atoms with Gasteiger partial charge in [-0.3, -0.25) is 0 Å². The molecule has 1 aliphatic rings. The minimum atomic E-state index is 0.484. The molecule has 0 radical (unpaired) electrons. The van der Waals surface area contributed by atoms with Gasteiger partial charge in [-0.1, -0.05) is 17.7 Å². The monoisotopic (exact) mass is 210 g/mol. The van der Waals surface area contributed by atoms with Crippen LogP contribution in [0.3, 0.4) is 0 Å². The summed E-state index contributed by atoms with van der Waals surface area (Å²) in [4.78, 5) is 0. The summed E-state index contributed by atoms with van der Waals surface area (Å²) in [6.45, 7) is 2.11. The zero-order chi connectivity index (χ0) is 9.97. The molecule has 1 aliphatic heterocycles. The molecule has 1 aromatic carbocycles. The lowest BCUT2D eigenvalue weighted by molar-refractivity contribution is 0.462. The zero-order valence-electron chi connectivity index (χ0n) is 8.09. The van der Waals surface area contributed by atoms with Crippen LogP contribution in [0.1, 0.15) is 24.3 Å². The fourth-order valence-electron chi connectivity index (χ4n) is 2.08. The molecule has 0 saturated carbocycles. The molecule has 0 aliphatic carbocycles. The van der Waals surface area contributed by atoms with E-state index in [1.807, 2.05) is 18.2 Å². The summed E-state index contributed by atoms with van der Waals surface area (Å²) in [6.07, 6.45) is 2.39. The van der Waals surface area contributed by atoms with Crippen LogP contribution in [0, 0.1) is 0 Å². The molecule has 2 rings (SSSR count). The van der Waals surface area contributed by atoms with Crippen LogP contribution in [-0.2, 0) is 0 Å². The van der Waals surface area contributed by atoms with Crippen molar-refractivity contribution in [3.63, 3.8) is 0 Å². The number of piperidine rings is 1. The lowest BCUT2D eigenvalue weighted by atomic mass is 9.90. The average molecular weight is 211 g/mol. The van der Waals surface area contributed by atoms with Gasteiger partial charge in [0.1, 0.15) is 0 Å². The average Bonchev–Trinajstić information content (AvgIpc) is 2.19. The maximum atomic E-state index is 6.16. The highest BCUT2D eigenvalue weighted by atomic mass is 35.5. The van der Waals surface area contributed by atoms with E-state index < -0.39 is 0 Å². The molecule has 3 heteroatoms. The number of anilines is 1. The van der Waals surface area contributed by atoms with Crippen molar-refractivity contribution in [2.45, 2.75) is 18.8 Å². The zero-order valence-corrected chi connectivity index (χ0v) is 8.85. The van der Waals surface area contributed by atoms with Crippen LogP contribution in [0.5, 0.6) is 0 Å². The predicted octanol–water partition coefficient (Wildman–Crippen LogP) is 2.39. The molecule has 0 amide bonds. The van der Waals surface area contributed by atoms with Gasteiger partial charge in [-0.25, -0.2) is 0 Å². The molecule has 1 heterocycles. The van der Waals surface area contributed by atoms with E-state index in [1.165, 1.54) is 12.8 Å². The fraction of sp³-hybridized carbons (Fsp3) is 0.455. The summed E-state index contributed by atoms with van der Waals surface area (Å²) in [5, 5.41) is 4.18. The van der Waals surface area contributed by atoms with E-state index in [0.29, 0.717) is 5.92 Å². The van der Waals surface area contributed by atoms with E-state index in [2.05, 4.69) is 5.32 Å². The van der Waals surface area contributed by atoms with Crippen LogP contribution in [0.4, 0.5) is 5.69 Å². The molecular weight excluding hydrogens is 196 g/mol. The fourth-order valence-corrected chi connectivity index (χ4v) is 2.42. The van der Waals surface area contributed by atoms with Crippen molar-refractivity contribution in [2.24, 2.45) is 0 Å². The van der Waals surface area contributed by atoms with Crippen LogP contribution in [0.15, 0.2) is 18.2 Å². The highest BCUT2D eigenvalue weighted by molar-refractivity contribution is 6.31. The molecule has 76 valence electrons. The maximum absolute atomic E-state index is 6.16. The molecule has 3 N–H and O–H groups in total. The Kier molecular flexibility index (Phi) is 2.94. The summed E-state index contributed by atoms with van der Waals surface area (Å²) in [7, 11) is 0. The minimum Gasteiger partial charge on any atom is -0.398 e. The van der Waals surface area contributed by atoms with E-state index in [0.717, 1.165) is 29.4 Å². The Balaban J connectivity index is 2.29. The van der Waals surface area contributed by atoms with Crippen LogP contribution >= 0.6 is 11.6 Å². The summed E-state index contributed by atoms with van der Waals surface area (Å²) >= 11 is 6.16. The third kappa shape index (κ3) is 1.86. The van der Waals surface area contributed by atoms with E-state index >= 15 is 0 Å². The van der Waals surface area contributed by atoms with Crippen molar-refractivity contribution in [2.75, 3.05) is 18.8 Å². The standard InChI is InChI=1S/C11H15ClN2/c12-9-4-1-5-10(13)11(9)8-3-2-6-14-7-8/h1,4-5,8,14H,2-3,6-7,13H2. The van der Waals surface area contributed by atoms with Gasteiger partial charge in [0.25, 0.3) is 0 Å². The topological polar surface area (TPSA) is 38.0 Å². The maximum Gasteiger partial charge on any atom is 0.0461 e. The van der Waals surface area contributed by atoms with Crippen molar-refractivity contribution in [1.29, 1.82) is 0 Å². The van der Waals surface area contributed by atoms with Crippen LogP contribution < -0.4 is 11.1 Å². The van der Waals surface area contributed by atoms with Crippen LogP contribution in [0.25, 0.3) is 0 Å². The van der Waals surface area contributed by atoms with Gasteiger partial charge < -0.3 is 11.1 Å². The SMILES string of the molecule is Nc1cccc(Cl)c1C1CCCNC1.